The molecule has 1 aromatic rings. The molecule has 0 aromatic carbocycles. The summed E-state index contributed by atoms with van der Waals surface area (Å²) in [5.41, 5.74) is 2.44. The first-order valence-corrected chi connectivity index (χ1v) is 4.61. The molecule has 1 unspecified atom stereocenters. The van der Waals surface area contributed by atoms with Crippen LogP contribution in [0.1, 0.15) is 0 Å². The Morgan fingerprint density at radius 2 is 2.27 bits per heavy atom. The summed E-state index contributed by atoms with van der Waals surface area (Å²) in [6, 6.07) is 5.35. The van der Waals surface area contributed by atoms with Crippen molar-refractivity contribution in [1.29, 1.82) is 0 Å². The molecular weight excluding hydrogens is 196 g/mol. The molecule has 0 saturated heterocycles. The van der Waals surface area contributed by atoms with Crippen molar-refractivity contribution in [3.63, 3.8) is 0 Å². The number of methoxy groups -OCH3 is 1. The molecule has 1 rings (SSSR count). The lowest BCUT2D eigenvalue weighted by molar-refractivity contribution is 0.0727. The maximum absolute atomic E-state index is 9.38. The molecule has 0 radical (unpaired) electrons. The summed E-state index contributed by atoms with van der Waals surface area (Å²) in [6.07, 6.45) is -0.550. The average molecular weight is 212 g/mol. The van der Waals surface area contributed by atoms with Crippen molar-refractivity contribution in [3.05, 3.63) is 18.2 Å². The minimum atomic E-state index is -0.550. The number of rotatable bonds is 6. The van der Waals surface area contributed by atoms with Crippen LogP contribution in [0.4, 0.5) is 11.6 Å². The van der Waals surface area contributed by atoms with E-state index in [1.165, 1.54) is 0 Å². The van der Waals surface area contributed by atoms with E-state index in [0.717, 1.165) is 0 Å². The lowest BCUT2D eigenvalue weighted by atomic mass is 10.3. The summed E-state index contributed by atoms with van der Waals surface area (Å²) >= 11 is 0. The number of nitrogen functional groups attached to an aromatic ring is 1. The van der Waals surface area contributed by atoms with Crippen LogP contribution >= 0.6 is 0 Å². The number of hydrogen-bond acceptors (Lipinski definition) is 6. The summed E-state index contributed by atoms with van der Waals surface area (Å²) in [7, 11) is 1.54. The van der Waals surface area contributed by atoms with Gasteiger partial charge in [0.25, 0.3) is 0 Å². The van der Waals surface area contributed by atoms with E-state index in [2.05, 4.69) is 15.7 Å². The van der Waals surface area contributed by atoms with Gasteiger partial charge < -0.3 is 20.6 Å². The van der Waals surface area contributed by atoms with E-state index < -0.39 is 6.10 Å². The number of nitrogens with zero attached hydrogens (tertiary/aromatic N) is 1. The zero-order valence-electron chi connectivity index (χ0n) is 8.60. The second kappa shape index (κ2) is 6.18. The molecule has 1 atom stereocenters. The third kappa shape index (κ3) is 4.11. The molecule has 0 amide bonds. The highest BCUT2D eigenvalue weighted by Gasteiger charge is 2.03. The van der Waals surface area contributed by atoms with Gasteiger partial charge in [-0.15, -0.1) is 0 Å². The van der Waals surface area contributed by atoms with E-state index in [0.29, 0.717) is 24.8 Å². The number of ether oxygens (including phenoxy) is 1. The third-order valence-corrected chi connectivity index (χ3v) is 1.77. The average Bonchev–Trinajstić information content (AvgIpc) is 2.27. The molecule has 6 heteroatoms. The maximum atomic E-state index is 9.38. The van der Waals surface area contributed by atoms with Gasteiger partial charge in [0.2, 0.25) is 0 Å². The van der Waals surface area contributed by atoms with Crippen LogP contribution in [0, 0.1) is 0 Å². The zero-order chi connectivity index (χ0) is 11.1. The molecule has 0 bridgehead atoms. The van der Waals surface area contributed by atoms with Crippen molar-refractivity contribution in [3.8, 4) is 0 Å². The van der Waals surface area contributed by atoms with E-state index in [9.17, 15) is 5.11 Å². The molecular formula is C9H16N4O2. The van der Waals surface area contributed by atoms with Gasteiger partial charge in [-0.25, -0.2) is 10.8 Å². The van der Waals surface area contributed by atoms with Crippen LogP contribution in [0.25, 0.3) is 0 Å². The number of aliphatic hydroxyl groups excluding tert-OH is 1. The summed E-state index contributed by atoms with van der Waals surface area (Å²) in [5, 5.41) is 12.3. The van der Waals surface area contributed by atoms with Gasteiger partial charge in [-0.1, -0.05) is 6.07 Å². The summed E-state index contributed by atoms with van der Waals surface area (Å²) in [4.78, 5) is 4.12. The minimum Gasteiger partial charge on any atom is -0.389 e. The zero-order valence-corrected chi connectivity index (χ0v) is 8.60. The first-order chi connectivity index (χ1) is 7.26. The van der Waals surface area contributed by atoms with Crippen LogP contribution in [0.5, 0.6) is 0 Å². The van der Waals surface area contributed by atoms with Crippen LogP contribution in [0.3, 0.4) is 0 Å². The number of anilines is 2. The van der Waals surface area contributed by atoms with Gasteiger partial charge in [-0.2, -0.15) is 0 Å². The number of nitrogens with one attached hydrogen (secondary N) is 2. The first kappa shape index (κ1) is 11.7. The quantitative estimate of drug-likeness (QED) is 0.385. The fourth-order valence-electron chi connectivity index (χ4n) is 1.09. The molecule has 6 nitrogen and oxygen atoms in total. The smallest absolute Gasteiger partial charge is 0.142 e. The Morgan fingerprint density at radius 3 is 2.93 bits per heavy atom. The summed E-state index contributed by atoms with van der Waals surface area (Å²) < 4.78 is 4.79. The highest BCUT2D eigenvalue weighted by molar-refractivity contribution is 5.44. The molecule has 0 saturated carbocycles. The minimum absolute atomic E-state index is 0.293. The number of nitrogens with two attached hydrogens (primary N) is 1. The Kier molecular flexibility index (Phi) is 4.82. The Bertz CT molecular complexity index is 295. The Labute approximate surface area is 88.4 Å². The standard InChI is InChI=1S/C9H16N4O2/c1-15-6-7(14)5-11-8-3-2-4-9(12-8)13-10/h2-4,7,14H,5-6,10H2,1H3,(H2,11,12,13). The lowest BCUT2D eigenvalue weighted by Gasteiger charge is -2.11. The highest BCUT2D eigenvalue weighted by Crippen LogP contribution is 2.07. The molecule has 1 aromatic heterocycles. The molecule has 15 heavy (non-hydrogen) atoms. The van der Waals surface area contributed by atoms with Crippen LogP contribution in [-0.2, 0) is 4.74 Å². The highest BCUT2D eigenvalue weighted by atomic mass is 16.5. The van der Waals surface area contributed by atoms with E-state index in [1.54, 1.807) is 19.2 Å². The van der Waals surface area contributed by atoms with Crippen molar-refractivity contribution in [2.75, 3.05) is 31.0 Å². The van der Waals surface area contributed by atoms with Crippen molar-refractivity contribution < 1.29 is 9.84 Å². The van der Waals surface area contributed by atoms with Crippen LogP contribution in [0.2, 0.25) is 0 Å². The summed E-state index contributed by atoms with van der Waals surface area (Å²) in [6.45, 7) is 0.677. The van der Waals surface area contributed by atoms with Gasteiger partial charge in [0.05, 0.1) is 12.7 Å². The molecule has 84 valence electrons. The van der Waals surface area contributed by atoms with Gasteiger partial charge in [0.1, 0.15) is 11.6 Å². The monoisotopic (exact) mass is 212 g/mol. The molecule has 0 spiro atoms. The molecule has 0 aliphatic rings. The topological polar surface area (TPSA) is 92.4 Å². The predicted octanol–water partition coefficient (Wildman–Crippen LogP) is -0.214. The Morgan fingerprint density at radius 1 is 1.53 bits per heavy atom. The number of hydrazine groups is 1. The fourth-order valence-corrected chi connectivity index (χ4v) is 1.09. The van der Waals surface area contributed by atoms with E-state index in [-0.39, 0.29) is 0 Å². The normalized spacial score (nSPS) is 12.2. The SMILES string of the molecule is COCC(O)CNc1cccc(NN)n1. The van der Waals surface area contributed by atoms with Gasteiger partial charge in [0.15, 0.2) is 0 Å². The second-order valence-electron chi connectivity index (χ2n) is 3.04. The number of aromatic nitrogens is 1. The van der Waals surface area contributed by atoms with Gasteiger partial charge in [-0.05, 0) is 12.1 Å². The summed E-state index contributed by atoms with van der Waals surface area (Å²) in [5.74, 6) is 6.44. The van der Waals surface area contributed by atoms with E-state index >= 15 is 0 Å². The van der Waals surface area contributed by atoms with Crippen molar-refractivity contribution >= 4 is 11.6 Å². The number of pyridine rings is 1. The molecule has 0 aliphatic heterocycles. The molecule has 0 fully saturated rings. The lowest BCUT2D eigenvalue weighted by Crippen LogP contribution is -2.24. The Hall–Kier alpha value is -1.37. The number of aliphatic hydroxyl groups is 1. The molecule has 5 N–H and O–H groups in total. The molecule has 0 aliphatic carbocycles. The van der Waals surface area contributed by atoms with Gasteiger partial charge in [0, 0.05) is 13.7 Å². The fraction of sp³-hybridized carbons (Fsp3) is 0.444. The second-order valence-corrected chi connectivity index (χ2v) is 3.04. The number of hydrogen-bond donors (Lipinski definition) is 4. The third-order valence-electron chi connectivity index (χ3n) is 1.77. The van der Waals surface area contributed by atoms with Crippen LogP contribution in [0.15, 0.2) is 18.2 Å². The van der Waals surface area contributed by atoms with Crippen molar-refractivity contribution in [2.24, 2.45) is 5.84 Å². The van der Waals surface area contributed by atoms with Gasteiger partial charge >= 0.3 is 0 Å². The van der Waals surface area contributed by atoms with Crippen LogP contribution in [-0.4, -0.2) is 36.5 Å². The largest absolute Gasteiger partial charge is 0.389 e. The Balaban J connectivity index is 2.43. The first-order valence-electron chi connectivity index (χ1n) is 4.61. The van der Waals surface area contributed by atoms with Crippen molar-refractivity contribution in [2.45, 2.75) is 6.10 Å². The van der Waals surface area contributed by atoms with Crippen molar-refractivity contribution in [1.82, 2.24) is 4.98 Å². The maximum Gasteiger partial charge on any atom is 0.142 e. The van der Waals surface area contributed by atoms with E-state index in [1.807, 2.05) is 6.07 Å². The van der Waals surface area contributed by atoms with E-state index in [4.69, 9.17) is 10.6 Å². The molecule has 1 heterocycles. The van der Waals surface area contributed by atoms with Gasteiger partial charge in [-0.3, -0.25) is 0 Å². The predicted molar refractivity (Wildman–Crippen MR) is 58.4 cm³/mol. The van der Waals surface area contributed by atoms with Crippen LogP contribution < -0.4 is 16.6 Å².